The topological polar surface area (TPSA) is 93.8 Å². The summed E-state index contributed by atoms with van der Waals surface area (Å²) < 4.78 is 5.17. The number of halogens is 1. The second-order valence-electron chi connectivity index (χ2n) is 4.39. The number of rotatable bonds is 6. The van der Waals surface area contributed by atoms with Crippen LogP contribution in [0.3, 0.4) is 0 Å². The number of nitro benzene ring substituents is 1. The third-order valence-corrected chi connectivity index (χ3v) is 2.89. The van der Waals surface area contributed by atoms with Crippen molar-refractivity contribution in [2.75, 3.05) is 6.61 Å². The van der Waals surface area contributed by atoms with Gasteiger partial charge in [-0.2, -0.15) is 5.10 Å². The molecule has 0 fully saturated rings. The highest BCUT2D eigenvalue weighted by Gasteiger charge is 2.07. The molecule has 0 radical (unpaired) electrons. The molecule has 0 heterocycles. The second kappa shape index (κ2) is 7.90. The fraction of sp³-hybridized carbons (Fsp3) is 0.0667. The number of carbonyl (C=O) groups excluding carboxylic acids is 1. The molecule has 0 aromatic heterocycles. The number of ether oxygens (including phenoxy) is 1. The second-order valence-corrected chi connectivity index (χ2v) is 4.83. The molecule has 0 atom stereocenters. The first-order valence-electron chi connectivity index (χ1n) is 6.49. The Bertz CT molecular complexity index is 749. The number of carbonyl (C=O) groups is 1. The number of nitro groups is 1. The fourth-order valence-corrected chi connectivity index (χ4v) is 1.83. The monoisotopic (exact) mass is 333 g/mol. The first-order valence-corrected chi connectivity index (χ1v) is 6.87. The fourth-order valence-electron chi connectivity index (χ4n) is 1.63. The number of hydrogen-bond donors (Lipinski definition) is 1. The maximum absolute atomic E-state index is 11.6. The van der Waals surface area contributed by atoms with E-state index in [1.807, 2.05) is 0 Å². The summed E-state index contributed by atoms with van der Waals surface area (Å²) in [6.45, 7) is -0.311. The molecule has 0 aliphatic heterocycles. The number of non-ortho nitro benzene ring substituents is 1. The van der Waals surface area contributed by atoms with Crippen molar-refractivity contribution in [2.45, 2.75) is 0 Å². The summed E-state index contributed by atoms with van der Waals surface area (Å²) in [5.74, 6) is -0.261. The van der Waals surface area contributed by atoms with Crippen LogP contribution in [0.25, 0.3) is 0 Å². The third-order valence-electron chi connectivity index (χ3n) is 2.65. The van der Waals surface area contributed by atoms with Crippen LogP contribution in [-0.2, 0) is 4.79 Å². The Kier molecular flexibility index (Phi) is 5.65. The lowest BCUT2D eigenvalue weighted by Crippen LogP contribution is -2.24. The lowest BCUT2D eigenvalue weighted by molar-refractivity contribution is -0.384. The number of nitrogens with one attached hydrogen (secondary N) is 1. The van der Waals surface area contributed by atoms with Gasteiger partial charge in [-0.1, -0.05) is 29.8 Å². The van der Waals surface area contributed by atoms with Gasteiger partial charge in [-0.15, -0.1) is 0 Å². The molecule has 1 N–H and O–H groups in total. The van der Waals surface area contributed by atoms with Crippen LogP contribution < -0.4 is 10.2 Å². The van der Waals surface area contributed by atoms with Crippen LogP contribution in [0.2, 0.25) is 5.02 Å². The van der Waals surface area contributed by atoms with Crippen LogP contribution in [0.4, 0.5) is 5.69 Å². The van der Waals surface area contributed by atoms with Crippen molar-refractivity contribution in [1.82, 2.24) is 5.43 Å². The van der Waals surface area contributed by atoms with Crippen molar-refractivity contribution >= 4 is 29.4 Å². The highest BCUT2D eigenvalue weighted by Crippen LogP contribution is 2.18. The standard InChI is InChI=1S/C15H12ClN3O4/c16-12-4-1-3-11(7-12)9-17-18-15(20)10-23-14-6-2-5-13(8-14)19(21)22/h1-9H,10H2,(H,18,20)/b17-9+. The number of amides is 1. The SMILES string of the molecule is O=C(COc1cccc([N+](=O)[O-])c1)N/N=C/c1cccc(Cl)c1. The molecule has 0 bridgehead atoms. The summed E-state index contributed by atoms with van der Waals surface area (Å²) >= 11 is 5.82. The average Bonchev–Trinajstić information content (AvgIpc) is 2.53. The number of hydrazone groups is 1. The molecule has 118 valence electrons. The summed E-state index contributed by atoms with van der Waals surface area (Å²) in [6.07, 6.45) is 1.44. The normalized spacial score (nSPS) is 10.5. The molecule has 0 spiro atoms. The molecule has 0 aliphatic carbocycles. The molecule has 2 rings (SSSR count). The predicted molar refractivity (Wildman–Crippen MR) is 85.8 cm³/mol. The van der Waals surface area contributed by atoms with Crippen molar-refractivity contribution in [1.29, 1.82) is 0 Å². The molecule has 0 saturated carbocycles. The predicted octanol–water partition coefficient (Wildman–Crippen LogP) is 2.78. The van der Waals surface area contributed by atoms with Crippen molar-refractivity contribution in [2.24, 2.45) is 5.10 Å². The van der Waals surface area contributed by atoms with Crippen molar-refractivity contribution in [3.05, 3.63) is 69.2 Å². The van der Waals surface area contributed by atoms with E-state index in [0.717, 1.165) is 5.56 Å². The highest BCUT2D eigenvalue weighted by molar-refractivity contribution is 6.30. The van der Waals surface area contributed by atoms with Crippen LogP contribution in [0.15, 0.2) is 53.6 Å². The lowest BCUT2D eigenvalue weighted by Gasteiger charge is -2.04. The van der Waals surface area contributed by atoms with Crippen molar-refractivity contribution < 1.29 is 14.5 Å². The molecule has 7 nitrogen and oxygen atoms in total. The zero-order valence-corrected chi connectivity index (χ0v) is 12.6. The van der Waals surface area contributed by atoms with Gasteiger partial charge in [0.2, 0.25) is 0 Å². The maximum atomic E-state index is 11.6. The van der Waals surface area contributed by atoms with Crippen LogP contribution >= 0.6 is 11.6 Å². The number of hydrogen-bond acceptors (Lipinski definition) is 5. The molecule has 0 saturated heterocycles. The van der Waals surface area contributed by atoms with E-state index >= 15 is 0 Å². The van der Waals surface area contributed by atoms with Gasteiger partial charge in [0.25, 0.3) is 11.6 Å². The largest absolute Gasteiger partial charge is 0.483 e. The average molecular weight is 334 g/mol. The minimum absolute atomic E-state index is 0.109. The zero-order valence-electron chi connectivity index (χ0n) is 11.8. The summed E-state index contributed by atoms with van der Waals surface area (Å²) in [4.78, 5) is 21.7. The van der Waals surface area contributed by atoms with E-state index in [-0.39, 0.29) is 18.0 Å². The summed E-state index contributed by atoms with van der Waals surface area (Å²) in [7, 11) is 0. The maximum Gasteiger partial charge on any atom is 0.277 e. The Labute approximate surface area is 136 Å². The van der Waals surface area contributed by atoms with Crippen LogP contribution in [0.1, 0.15) is 5.56 Å². The van der Waals surface area contributed by atoms with E-state index in [4.69, 9.17) is 16.3 Å². The quantitative estimate of drug-likeness (QED) is 0.499. The van der Waals surface area contributed by atoms with Gasteiger partial charge in [0.1, 0.15) is 5.75 Å². The molecule has 0 aliphatic rings. The first kappa shape index (κ1) is 16.4. The summed E-state index contributed by atoms with van der Waals surface area (Å²) in [5.41, 5.74) is 2.91. The van der Waals surface area contributed by atoms with E-state index in [0.29, 0.717) is 5.02 Å². The molecular weight excluding hydrogens is 322 g/mol. The molecule has 2 aromatic rings. The Morgan fingerprint density at radius 1 is 1.30 bits per heavy atom. The lowest BCUT2D eigenvalue weighted by atomic mass is 10.2. The van der Waals surface area contributed by atoms with E-state index < -0.39 is 10.8 Å². The minimum atomic E-state index is -0.539. The van der Waals surface area contributed by atoms with Crippen LogP contribution in [-0.4, -0.2) is 23.7 Å². The Hall–Kier alpha value is -2.93. The molecule has 1 amide bonds. The number of nitrogens with zero attached hydrogens (tertiary/aromatic N) is 2. The smallest absolute Gasteiger partial charge is 0.277 e. The summed E-state index contributed by atoms with van der Waals surface area (Å²) in [6, 6.07) is 12.5. The van der Waals surface area contributed by atoms with Gasteiger partial charge in [0.05, 0.1) is 17.2 Å². The van der Waals surface area contributed by atoms with Crippen LogP contribution in [0, 0.1) is 10.1 Å². The van der Waals surface area contributed by atoms with Gasteiger partial charge in [-0.05, 0) is 23.8 Å². The summed E-state index contributed by atoms with van der Waals surface area (Å²) in [5, 5.41) is 15.0. The van der Waals surface area contributed by atoms with E-state index in [2.05, 4.69) is 10.5 Å². The molecule has 23 heavy (non-hydrogen) atoms. The molecule has 0 unspecified atom stereocenters. The highest BCUT2D eigenvalue weighted by atomic mass is 35.5. The third kappa shape index (κ3) is 5.40. The van der Waals surface area contributed by atoms with Gasteiger partial charge in [0, 0.05) is 11.1 Å². The molecule has 2 aromatic carbocycles. The zero-order chi connectivity index (χ0) is 16.7. The van der Waals surface area contributed by atoms with Crippen molar-refractivity contribution in [3.63, 3.8) is 0 Å². The molecule has 8 heteroatoms. The Balaban J connectivity index is 1.83. The van der Waals surface area contributed by atoms with Crippen molar-refractivity contribution in [3.8, 4) is 5.75 Å². The Morgan fingerprint density at radius 2 is 2.09 bits per heavy atom. The molecular formula is C15H12ClN3O4. The van der Waals surface area contributed by atoms with Gasteiger partial charge in [-0.25, -0.2) is 5.43 Å². The Morgan fingerprint density at radius 3 is 2.83 bits per heavy atom. The first-order chi connectivity index (χ1) is 11.0. The number of benzene rings is 2. The van der Waals surface area contributed by atoms with Gasteiger partial charge < -0.3 is 4.74 Å². The van der Waals surface area contributed by atoms with E-state index in [1.165, 1.54) is 30.5 Å². The van der Waals surface area contributed by atoms with Gasteiger partial charge in [-0.3, -0.25) is 14.9 Å². The van der Waals surface area contributed by atoms with Crippen LogP contribution in [0.5, 0.6) is 5.75 Å². The minimum Gasteiger partial charge on any atom is -0.483 e. The van der Waals surface area contributed by atoms with E-state index in [9.17, 15) is 14.9 Å². The van der Waals surface area contributed by atoms with E-state index in [1.54, 1.807) is 24.3 Å². The van der Waals surface area contributed by atoms with Gasteiger partial charge in [0.15, 0.2) is 6.61 Å². The van der Waals surface area contributed by atoms with Gasteiger partial charge >= 0.3 is 0 Å².